The fourth-order valence-electron chi connectivity index (χ4n) is 2.66. The zero-order valence-corrected chi connectivity index (χ0v) is 18.7. The van der Waals surface area contributed by atoms with E-state index in [4.69, 9.17) is 32.5 Å². The van der Waals surface area contributed by atoms with Crippen LogP contribution in [0.15, 0.2) is 18.2 Å². The average molecular weight is 475 g/mol. The quantitative estimate of drug-likeness (QED) is 0.582. The molecule has 2 N–H and O–H groups in total. The monoisotopic (exact) mass is 474 g/mol. The predicted molar refractivity (Wildman–Crippen MR) is 115 cm³/mol. The molecule has 1 aliphatic rings. The topological polar surface area (TPSA) is 111 Å². The fraction of sp³-hybridized carbons (Fsp3) is 0.444. The molecular formula is C18H21BCl2N2O6S. The van der Waals surface area contributed by atoms with Crippen molar-refractivity contribution in [2.75, 3.05) is 18.1 Å². The van der Waals surface area contributed by atoms with Crippen LogP contribution in [0.1, 0.15) is 30.6 Å². The molecular weight excluding hydrogens is 454 g/mol. The maximum absolute atomic E-state index is 12.4. The van der Waals surface area contributed by atoms with Crippen LogP contribution in [0.3, 0.4) is 0 Å². The summed E-state index contributed by atoms with van der Waals surface area (Å²) in [6.45, 7) is 3.45. The van der Waals surface area contributed by atoms with E-state index in [9.17, 15) is 19.2 Å². The molecule has 2 rings (SSSR count). The Labute approximate surface area is 188 Å². The van der Waals surface area contributed by atoms with Gasteiger partial charge < -0.3 is 19.9 Å². The van der Waals surface area contributed by atoms with Gasteiger partial charge >= 0.3 is 19.1 Å². The molecule has 1 heterocycles. The van der Waals surface area contributed by atoms with Gasteiger partial charge in [-0.25, -0.2) is 0 Å². The molecule has 162 valence electrons. The molecule has 0 radical (unpaired) electrons. The van der Waals surface area contributed by atoms with E-state index in [0.29, 0.717) is 11.4 Å². The van der Waals surface area contributed by atoms with Gasteiger partial charge in [0.05, 0.1) is 34.6 Å². The van der Waals surface area contributed by atoms with Crippen LogP contribution in [0.2, 0.25) is 10.0 Å². The highest BCUT2D eigenvalue weighted by Crippen LogP contribution is 2.20. The second-order valence-electron chi connectivity index (χ2n) is 6.95. The molecule has 0 aliphatic carbocycles. The average Bonchev–Trinajstić information content (AvgIpc) is 2.65. The number of carbonyl (C=O) groups is 4. The number of benzene rings is 1. The largest absolute Gasteiger partial charge is 0.622 e. The lowest BCUT2D eigenvalue weighted by Crippen LogP contribution is -2.54. The number of amides is 2. The Morgan fingerprint density at radius 1 is 1.17 bits per heavy atom. The Morgan fingerprint density at radius 2 is 1.80 bits per heavy atom. The van der Waals surface area contributed by atoms with Crippen LogP contribution in [-0.4, -0.2) is 54.9 Å². The van der Waals surface area contributed by atoms with Gasteiger partial charge in [0, 0.05) is 5.02 Å². The predicted octanol–water partition coefficient (Wildman–Crippen LogP) is 2.11. The van der Waals surface area contributed by atoms with Gasteiger partial charge in [0.25, 0.3) is 5.91 Å². The molecule has 0 bridgehead atoms. The molecule has 1 fully saturated rings. The SMILES string of the molecule is CC(C)C[C@H](NC(=O)CNC(=O)c1cc(Cl)ccc1Cl)B1OC(=O)CSCC(=O)O1. The van der Waals surface area contributed by atoms with Crippen LogP contribution in [0.5, 0.6) is 0 Å². The minimum absolute atomic E-state index is 0.0183. The summed E-state index contributed by atoms with van der Waals surface area (Å²) in [6, 6.07) is 4.41. The lowest BCUT2D eigenvalue weighted by molar-refractivity contribution is -0.138. The van der Waals surface area contributed by atoms with E-state index in [1.807, 2.05) is 13.8 Å². The normalized spacial score (nSPS) is 15.6. The fourth-order valence-corrected chi connectivity index (χ4v) is 3.61. The van der Waals surface area contributed by atoms with E-state index in [2.05, 4.69) is 10.6 Å². The lowest BCUT2D eigenvalue weighted by Gasteiger charge is -2.26. The molecule has 0 unspecified atom stereocenters. The van der Waals surface area contributed by atoms with Gasteiger partial charge in [-0.2, -0.15) is 0 Å². The molecule has 1 saturated heterocycles. The lowest BCUT2D eigenvalue weighted by atomic mass is 9.73. The second kappa shape index (κ2) is 11.5. The minimum atomic E-state index is -1.24. The van der Waals surface area contributed by atoms with Crippen LogP contribution < -0.4 is 10.6 Å². The van der Waals surface area contributed by atoms with E-state index in [-0.39, 0.29) is 34.6 Å². The summed E-state index contributed by atoms with van der Waals surface area (Å²) in [5.41, 5.74) is 0.135. The van der Waals surface area contributed by atoms with E-state index in [1.165, 1.54) is 12.1 Å². The van der Waals surface area contributed by atoms with Gasteiger partial charge in [-0.05, 0) is 30.5 Å². The van der Waals surface area contributed by atoms with E-state index in [0.717, 1.165) is 11.8 Å². The summed E-state index contributed by atoms with van der Waals surface area (Å²) >= 11 is 13.0. The van der Waals surface area contributed by atoms with Crippen LogP contribution in [0.4, 0.5) is 0 Å². The number of hydrogen-bond donors (Lipinski definition) is 2. The van der Waals surface area contributed by atoms with E-state index in [1.54, 1.807) is 6.07 Å². The Hall–Kier alpha value is -1.91. The van der Waals surface area contributed by atoms with Crippen molar-refractivity contribution >= 4 is 65.8 Å². The molecule has 1 aromatic carbocycles. The van der Waals surface area contributed by atoms with Crippen molar-refractivity contribution in [2.24, 2.45) is 5.92 Å². The van der Waals surface area contributed by atoms with Gasteiger partial charge in [0.15, 0.2) is 0 Å². The van der Waals surface area contributed by atoms with Crippen molar-refractivity contribution in [3.8, 4) is 0 Å². The molecule has 1 atom stereocenters. The molecule has 0 saturated carbocycles. The van der Waals surface area contributed by atoms with Crippen molar-refractivity contribution in [2.45, 2.75) is 26.2 Å². The standard InChI is InChI=1S/C18H21BCl2N2O6S/c1-10(2)5-14(19-28-16(25)8-30-9-17(26)29-19)23-15(24)7-22-18(27)12-6-11(20)3-4-13(12)21/h3-4,6,10,14H,5,7-9H2,1-2H3,(H,22,27)(H,23,24)/t14-/m0/s1. The van der Waals surface area contributed by atoms with E-state index < -0.39 is 36.8 Å². The molecule has 30 heavy (non-hydrogen) atoms. The van der Waals surface area contributed by atoms with Crippen molar-refractivity contribution in [3.05, 3.63) is 33.8 Å². The smallest absolute Gasteiger partial charge is 0.497 e. The maximum Gasteiger partial charge on any atom is 0.622 e. The van der Waals surface area contributed by atoms with Crippen molar-refractivity contribution < 1.29 is 28.5 Å². The summed E-state index contributed by atoms with van der Waals surface area (Å²) in [7, 11) is -1.24. The molecule has 0 aromatic heterocycles. The molecule has 1 aromatic rings. The van der Waals surface area contributed by atoms with Crippen LogP contribution in [0, 0.1) is 5.92 Å². The summed E-state index contributed by atoms with van der Waals surface area (Å²) < 4.78 is 10.4. The van der Waals surface area contributed by atoms with Gasteiger partial charge in [0.1, 0.15) is 0 Å². The van der Waals surface area contributed by atoms with Crippen LogP contribution in [-0.2, 0) is 23.7 Å². The Kier molecular flexibility index (Phi) is 9.32. The molecule has 0 spiro atoms. The minimum Gasteiger partial charge on any atom is -0.497 e. The zero-order valence-electron chi connectivity index (χ0n) is 16.4. The maximum atomic E-state index is 12.4. The zero-order chi connectivity index (χ0) is 22.3. The first kappa shape index (κ1) is 24.4. The molecule has 8 nitrogen and oxygen atoms in total. The molecule has 1 aliphatic heterocycles. The van der Waals surface area contributed by atoms with Crippen molar-refractivity contribution in [3.63, 3.8) is 0 Å². The van der Waals surface area contributed by atoms with Crippen LogP contribution >= 0.6 is 35.0 Å². The molecule has 12 heteroatoms. The summed E-state index contributed by atoms with van der Waals surface area (Å²) in [4.78, 5) is 48.4. The third kappa shape index (κ3) is 7.73. The number of thioether (sulfide) groups is 1. The Bertz CT molecular complexity index is 808. The summed E-state index contributed by atoms with van der Waals surface area (Å²) in [5.74, 6) is -2.81. The highest BCUT2D eigenvalue weighted by molar-refractivity contribution is 8.00. The highest BCUT2D eigenvalue weighted by Gasteiger charge is 2.40. The second-order valence-corrected chi connectivity index (χ2v) is 8.78. The van der Waals surface area contributed by atoms with Crippen molar-refractivity contribution in [1.82, 2.24) is 10.6 Å². The number of rotatable bonds is 7. The van der Waals surface area contributed by atoms with Gasteiger partial charge in [0.2, 0.25) is 5.91 Å². The van der Waals surface area contributed by atoms with Crippen LogP contribution in [0.25, 0.3) is 0 Å². The number of nitrogens with one attached hydrogen (secondary N) is 2. The summed E-state index contributed by atoms with van der Waals surface area (Å²) in [6.07, 6.45) is 0.387. The van der Waals surface area contributed by atoms with Gasteiger partial charge in [-0.1, -0.05) is 37.0 Å². The highest BCUT2D eigenvalue weighted by atomic mass is 35.5. The van der Waals surface area contributed by atoms with E-state index >= 15 is 0 Å². The third-order valence-corrected chi connectivity index (χ3v) is 5.36. The van der Waals surface area contributed by atoms with Crippen molar-refractivity contribution in [1.29, 1.82) is 0 Å². The first-order valence-corrected chi connectivity index (χ1v) is 11.1. The first-order valence-electron chi connectivity index (χ1n) is 9.15. The first-order chi connectivity index (χ1) is 14.2. The summed E-state index contributed by atoms with van der Waals surface area (Å²) in [5, 5.41) is 5.65. The van der Waals surface area contributed by atoms with Gasteiger partial charge in [-0.15, -0.1) is 11.8 Å². The number of hydrogen-bond acceptors (Lipinski definition) is 7. The van der Waals surface area contributed by atoms with Gasteiger partial charge in [-0.3, -0.25) is 19.2 Å². The molecule has 2 amide bonds. The number of carbonyl (C=O) groups excluding carboxylic acids is 4. The number of halogens is 2. The Balaban J connectivity index is 2.01. The third-order valence-electron chi connectivity index (χ3n) is 3.92. The Morgan fingerprint density at radius 3 is 2.40 bits per heavy atom.